The fraction of sp³-hybridized carbons (Fsp3) is 0.500. The maximum Gasteiger partial charge on any atom is 0.459 e. The van der Waals surface area contributed by atoms with Crippen molar-refractivity contribution in [2.75, 3.05) is 6.61 Å². The zero-order chi connectivity index (χ0) is 27.4. The largest absolute Gasteiger partial charge is 0.462 e. The maximum absolute atomic E-state index is 13.7. The molecule has 1 aliphatic rings. The molecule has 0 amide bonds. The van der Waals surface area contributed by atoms with E-state index in [2.05, 4.69) is 16.1 Å². The van der Waals surface area contributed by atoms with Gasteiger partial charge in [-0.05, 0) is 46.2 Å². The number of carbonyl (C=O) groups excluding carboxylic acids is 1. The fourth-order valence-electron chi connectivity index (χ4n) is 4.25. The van der Waals surface area contributed by atoms with Gasteiger partial charge in [0.15, 0.2) is 0 Å². The van der Waals surface area contributed by atoms with Crippen LogP contribution in [-0.4, -0.2) is 45.5 Å². The molecule has 3 N–H and O–H groups in total. The van der Waals surface area contributed by atoms with Crippen LogP contribution in [0.3, 0.4) is 0 Å². The first-order valence-corrected chi connectivity index (χ1v) is 13.3. The number of hydrogen-bond donors (Lipinski definition) is 3. The van der Waals surface area contributed by atoms with Gasteiger partial charge in [-0.1, -0.05) is 18.2 Å². The standard InChI is InChI=1S/C24H31N4O8P/c1-15(2)35-22(31)16(3)27-37(33,36-18-8-6-5-7-9-18)34-13-17-12-19(24(4,14-25)21(17)30)28-11-10-20(29)26-23(28)32/h5-11,15-17,19,21,30H,12-13H2,1-4H3,(H,27,33)(H,26,29,32)/t16-,17+,19+,21+,24-,37?/m0/s1. The van der Waals surface area contributed by atoms with Gasteiger partial charge in [0.25, 0.3) is 5.56 Å². The molecule has 37 heavy (non-hydrogen) atoms. The number of esters is 1. The first-order valence-electron chi connectivity index (χ1n) is 11.8. The number of H-pyrrole nitrogens is 1. The van der Waals surface area contributed by atoms with Crippen molar-refractivity contribution in [3.63, 3.8) is 0 Å². The van der Waals surface area contributed by atoms with E-state index in [0.29, 0.717) is 0 Å². The average Bonchev–Trinajstić information content (AvgIpc) is 3.08. The number of rotatable bonds is 10. The van der Waals surface area contributed by atoms with Gasteiger partial charge in [0.05, 0.1) is 30.9 Å². The van der Waals surface area contributed by atoms with E-state index in [0.717, 1.165) is 6.07 Å². The van der Waals surface area contributed by atoms with Gasteiger partial charge in [-0.25, -0.2) is 9.36 Å². The number of benzene rings is 1. The molecule has 6 atom stereocenters. The number of nitriles is 1. The Balaban J connectivity index is 1.84. The summed E-state index contributed by atoms with van der Waals surface area (Å²) in [6.45, 7) is 5.99. The minimum atomic E-state index is -4.19. The summed E-state index contributed by atoms with van der Waals surface area (Å²) in [4.78, 5) is 38.4. The predicted molar refractivity (Wildman–Crippen MR) is 133 cm³/mol. The topological polar surface area (TPSA) is 173 Å². The summed E-state index contributed by atoms with van der Waals surface area (Å²) >= 11 is 0. The molecule has 3 rings (SSSR count). The number of para-hydroxylation sites is 1. The summed E-state index contributed by atoms with van der Waals surface area (Å²) in [6, 6.07) is 9.58. The molecule has 1 unspecified atom stereocenters. The number of aromatic amines is 1. The maximum atomic E-state index is 13.7. The van der Waals surface area contributed by atoms with E-state index in [-0.39, 0.29) is 18.8 Å². The molecule has 2 aromatic rings. The minimum absolute atomic E-state index is 0.105. The molecule has 1 aromatic heterocycles. The molecule has 12 nitrogen and oxygen atoms in total. The minimum Gasteiger partial charge on any atom is -0.462 e. The molecular formula is C24H31N4O8P. The van der Waals surface area contributed by atoms with Crippen LogP contribution in [0.5, 0.6) is 5.75 Å². The third-order valence-electron chi connectivity index (χ3n) is 6.19. The highest BCUT2D eigenvalue weighted by Gasteiger charge is 2.54. The van der Waals surface area contributed by atoms with Crippen molar-refractivity contribution in [2.45, 2.75) is 58.4 Å². The van der Waals surface area contributed by atoms with Crippen molar-refractivity contribution in [3.8, 4) is 11.8 Å². The van der Waals surface area contributed by atoms with Crippen molar-refractivity contribution < 1.29 is 28.3 Å². The number of aliphatic hydroxyl groups is 1. The second-order valence-corrected chi connectivity index (χ2v) is 11.1. The summed E-state index contributed by atoms with van der Waals surface area (Å²) in [6.07, 6.45) is -0.287. The van der Waals surface area contributed by atoms with Gasteiger partial charge < -0.3 is 14.4 Å². The van der Waals surface area contributed by atoms with E-state index in [9.17, 15) is 29.3 Å². The highest BCUT2D eigenvalue weighted by molar-refractivity contribution is 7.52. The first-order chi connectivity index (χ1) is 17.4. The molecule has 1 aliphatic carbocycles. The number of aliphatic hydroxyl groups excluding tert-OH is 1. The Hall–Kier alpha value is -3.23. The zero-order valence-corrected chi connectivity index (χ0v) is 21.9. The molecule has 0 spiro atoms. The SMILES string of the molecule is CC(C)OC(=O)[C@H](C)NP(=O)(OC[C@H]1C[C@@H](n2ccc(=O)[nH]c2=O)[C@](C)(C#N)[C@@H]1O)Oc1ccccc1. The summed E-state index contributed by atoms with van der Waals surface area (Å²) in [7, 11) is -4.19. The third kappa shape index (κ3) is 6.56. The highest BCUT2D eigenvalue weighted by atomic mass is 31.2. The van der Waals surface area contributed by atoms with Gasteiger partial charge in [0, 0.05) is 18.2 Å². The lowest BCUT2D eigenvalue weighted by Gasteiger charge is -2.29. The lowest BCUT2D eigenvalue weighted by atomic mass is 9.83. The smallest absolute Gasteiger partial charge is 0.459 e. The van der Waals surface area contributed by atoms with Crippen molar-refractivity contribution in [1.82, 2.24) is 14.6 Å². The number of aromatic nitrogens is 2. The quantitative estimate of drug-likeness (QED) is 0.303. The van der Waals surface area contributed by atoms with Crippen LogP contribution in [0.15, 0.2) is 52.2 Å². The van der Waals surface area contributed by atoms with Gasteiger partial charge in [-0.2, -0.15) is 10.3 Å². The third-order valence-corrected chi connectivity index (χ3v) is 7.84. The molecule has 0 radical (unpaired) electrons. The normalized spacial score (nSPS) is 25.7. The van der Waals surface area contributed by atoms with Crippen LogP contribution in [0.4, 0.5) is 0 Å². The average molecular weight is 535 g/mol. The summed E-state index contributed by atoms with van der Waals surface area (Å²) in [5, 5.41) is 23.5. The number of nitrogens with one attached hydrogen (secondary N) is 2. The van der Waals surface area contributed by atoms with Crippen LogP contribution in [0.2, 0.25) is 0 Å². The van der Waals surface area contributed by atoms with E-state index >= 15 is 0 Å². The van der Waals surface area contributed by atoms with Gasteiger partial charge in [0.2, 0.25) is 0 Å². The Morgan fingerprint density at radius 3 is 2.57 bits per heavy atom. The highest BCUT2D eigenvalue weighted by Crippen LogP contribution is 2.51. The van der Waals surface area contributed by atoms with Crippen molar-refractivity contribution in [3.05, 3.63) is 63.4 Å². The molecule has 1 saturated carbocycles. The van der Waals surface area contributed by atoms with E-state index in [1.54, 1.807) is 44.2 Å². The van der Waals surface area contributed by atoms with Gasteiger partial charge >= 0.3 is 19.4 Å². The molecule has 0 aliphatic heterocycles. The van der Waals surface area contributed by atoms with E-state index in [1.165, 1.54) is 24.6 Å². The van der Waals surface area contributed by atoms with Gasteiger partial charge in [0.1, 0.15) is 17.2 Å². The number of nitrogens with zero attached hydrogens (tertiary/aromatic N) is 2. The Bertz CT molecular complexity index is 1300. The van der Waals surface area contributed by atoms with E-state index in [1.807, 2.05) is 0 Å². The molecule has 200 valence electrons. The van der Waals surface area contributed by atoms with Crippen LogP contribution in [0, 0.1) is 22.7 Å². The monoisotopic (exact) mass is 534 g/mol. The van der Waals surface area contributed by atoms with E-state index < -0.39 is 60.6 Å². The Morgan fingerprint density at radius 2 is 1.97 bits per heavy atom. The Morgan fingerprint density at radius 1 is 1.30 bits per heavy atom. The second kappa shape index (κ2) is 11.4. The van der Waals surface area contributed by atoms with Crippen molar-refractivity contribution >= 4 is 13.7 Å². The molecule has 1 aromatic carbocycles. The van der Waals surface area contributed by atoms with E-state index in [4.69, 9.17) is 13.8 Å². The van der Waals surface area contributed by atoms with Gasteiger partial charge in [-0.3, -0.25) is 23.7 Å². The summed E-state index contributed by atoms with van der Waals surface area (Å²) in [5.74, 6) is -1.18. The number of hydrogen-bond acceptors (Lipinski definition) is 9. The van der Waals surface area contributed by atoms with Crippen molar-refractivity contribution in [1.29, 1.82) is 5.26 Å². The molecule has 1 fully saturated rings. The second-order valence-electron chi connectivity index (χ2n) is 9.40. The molecule has 0 saturated heterocycles. The lowest BCUT2D eigenvalue weighted by molar-refractivity contribution is -0.149. The molecule has 1 heterocycles. The van der Waals surface area contributed by atoms with Gasteiger partial charge in [-0.15, -0.1) is 0 Å². The van der Waals surface area contributed by atoms with Crippen LogP contribution >= 0.6 is 7.75 Å². The van der Waals surface area contributed by atoms with Crippen LogP contribution in [0.1, 0.15) is 40.2 Å². The van der Waals surface area contributed by atoms with Crippen LogP contribution in [-0.2, 0) is 18.6 Å². The van der Waals surface area contributed by atoms with Crippen LogP contribution < -0.4 is 20.9 Å². The lowest BCUT2D eigenvalue weighted by Crippen LogP contribution is -2.40. The fourth-order valence-corrected chi connectivity index (χ4v) is 5.80. The molecule has 13 heteroatoms. The van der Waals surface area contributed by atoms with Crippen molar-refractivity contribution in [2.24, 2.45) is 11.3 Å². The molecule has 0 bridgehead atoms. The Kier molecular flexibility index (Phi) is 8.76. The summed E-state index contributed by atoms with van der Waals surface area (Å²) < 4.78 is 31.4. The number of ether oxygens (including phenoxy) is 1. The number of carbonyl (C=O) groups is 1. The first kappa shape index (κ1) is 28.3. The predicted octanol–water partition coefficient (Wildman–Crippen LogP) is 2.12. The summed E-state index contributed by atoms with van der Waals surface area (Å²) in [5.41, 5.74) is -2.72. The van der Waals surface area contributed by atoms with Crippen LogP contribution in [0.25, 0.3) is 0 Å². The molecular weight excluding hydrogens is 503 g/mol. The Labute approximate surface area is 213 Å². The zero-order valence-electron chi connectivity index (χ0n) is 21.0.